The van der Waals surface area contributed by atoms with Crippen LogP contribution in [0.2, 0.25) is 0 Å². The van der Waals surface area contributed by atoms with Gasteiger partial charge in [-0.2, -0.15) is 0 Å². The van der Waals surface area contributed by atoms with Crippen molar-refractivity contribution in [3.63, 3.8) is 0 Å². The second-order valence-corrected chi connectivity index (χ2v) is 8.01. The number of carbonyl (C=O) groups is 1. The predicted molar refractivity (Wildman–Crippen MR) is 120 cm³/mol. The van der Waals surface area contributed by atoms with E-state index in [0.29, 0.717) is 12.5 Å². The number of amides is 1. The summed E-state index contributed by atoms with van der Waals surface area (Å²) < 4.78 is 39.4. The van der Waals surface area contributed by atoms with Crippen molar-refractivity contribution < 1.29 is 18.0 Å². The molecule has 0 saturated carbocycles. The minimum absolute atomic E-state index is 0.0440. The summed E-state index contributed by atoms with van der Waals surface area (Å²) in [5.41, 5.74) is 7.14. The lowest BCUT2D eigenvalue weighted by Crippen LogP contribution is -2.50. The number of rotatable bonds is 15. The average molecular weight is 431 g/mol. The molecule has 0 aromatic heterocycles. The molecule has 3 nitrogen and oxygen atoms in total. The van der Waals surface area contributed by atoms with E-state index in [-0.39, 0.29) is 24.3 Å². The fourth-order valence-corrected chi connectivity index (χ4v) is 3.76. The molecule has 0 radical (unpaired) electrons. The van der Waals surface area contributed by atoms with Crippen LogP contribution in [-0.4, -0.2) is 24.2 Å². The molecule has 1 amide bonds. The van der Waals surface area contributed by atoms with E-state index in [1.807, 2.05) is 19.9 Å². The van der Waals surface area contributed by atoms with Crippen LogP contribution in [0.1, 0.15) is 92.4 Å². The largest absolute Gasteiger partial charge is 0.347 e. The Morgan fingerprint density at radius 2 is 1.77 bits per heavy atom. The van der Waals surface area contributed by atoms with Gasteiger partial charge in [0, 0.05) is 18.5 Å². The van der Waals surface area contributed by atoms with E-state index in [1.54, 1.807) is 6.92 Å². The van der Waals surface area contributed by atoms with Gasteiger partial charge in [-0.1, -0.05) is 58.1 Å². The Bertz CT molecular complexity index is 614. The van der Waals surface area contributed by atoms with Gasteiger partial charge in [0.25, 0.3) is 0 Å². The van der Waals surface area contributed by atoms with E-state index in [1.165, 1.54) is 0 Å². The zero-order valence-corrected chi connectivity index (χ0v) is 19.4. The molecule has 0 rings (SSSR count). The van der Waals surface area contributed by atoms with Crippen LogP contribution in [0.4, 0.5) is 13.2 Å². The lowest BCUT2D eigenvalue weighted by molar-refractivity contribution is -0.123. The molecule has 0 spiro atoms. The maximum absolute atomic E-state index is 14.1. The van der Waals surface area contributed by atoms with Crippen LogP contribution in [0.3, 0.4) is 0 Å². The molecule has 0 aromatic rings. The highest BCUT2D eigenvalue weighted by atomic mass is 19.2. The standard InChI is InChI=1S/C24H41F3N2O/c1-6-10-11-13-24(12-7-2,18(5)8-3)29-23(30)16-21(28)14-19(9-4)22(27)15-20(26)17-25/h8,15,21H,6-7,9-14,16-17,28H2,1-5H3,(H,29,30)/b18-8+,20-15+,22-19-. The van der Waals surface area contributed by atoms with Gasteiger partial charge >= 0.3 is 0 Å². The molecule has 2 unspecified atom stereocenters. The normalized spacial score (nSPS) is 16.7. The Labute approximate surface area is 181 Å². The zero-order chi connectivity index (χ0) is 23.2. The topological polar surface area (TPSA) is 55.1 Å². The highest BCUT2D eigenvalue weighted by Crippen LogP contribution is 2.29. The molecule has 0 fully saturated rings. The minimum Gasteiger partial charge on any atom is -0.347 e. The Morgan fingerprint density at radius 3 is 2.27 bits per heavy atom. The quantitative estimate of drug-likeness (QED) is 0.171. The first-order valence-corrected chi connectivity index (χ1v) is 11.2. The number of alkyl halides is 1. The fraction of sp³-hybridized carbons (Fsp3) is 0.708. The zero-order valence-electron chi connectivity index (χ0n) is 19.4. The molecule has 0 saturated heterocycles. The molecular formula is C24H41F3N2O. The monoisotopic (exact) mass is 430 g/mol. The van der Waals surface area contributed by atoms with Crippen molar-refractivity contribution in [1.29, 1.82) is 0 Å². The number of hydrogen-bond donors (Lipinski definition) is 2. The Morgan fingerprint density at radius 1 is 1.10 bits per heavy atom. The average Bonchev–Trinajstić information content (AvgIpc) is 2.70. The molecule has 6 heteroatoms. The SMILES string of the molecule is C/C=C(\C)C(CCC)(CCCCC)NC(=O)CC(N)C/C(CC)=C(F)/C=C(/F)CF. The summed E-state index contributed by atoms with van der Waals surface area (Å²) in [6, 6.07) is -0.603. The lowest BCUT2D eigenvalue weighted by atomic mass is 9.80. The van der Waals surface area contributed by atoms with E-state index < -0.39 is 29.9 Å². The van der Waals surface area contributed by atoms with Crippen LogP contribution >= 0.6 is 0 Å². The van der Waals surface area contributed by atoms with Crippen molar-refractivity contribution in [3.05, 3.63) is 35.0 Å². The van der Waals surface area contributed by atoms with E-state index in [2.05, 4.69) is 19.2 Å². The third-order valence-corrected chi connectivity index (χ3v) is 5.58. The van der Waals surface area contributed by atoms with Crippen LogP contribution in [-0.2, 0) is 4.79 Å². The lowest BCUT2D eigenvalue weighted by Gasteiger charge is -2.37. The van der Waals surface area contributed by atoms with Gasteiger partial charge in [0.15, 0.2) is 0 Å². The molecule has 174 valence electrons. The summed E-state index contributed by atoms with van der Waals surface area (Å²) in [5, 5.41) is 3.22. The van der Waals surface area contributed by atoms with Gasteiger partial charge in [0.05, 0.1) is 5.54 Å². The first kappa shape index (κ1) is 28.4. The Kier molecular flexibility index (Phi) is 14.5. The molecule has 0 aromatic carbocycles. The third kappa shape index (κ3) is 9.96. The molecule has 0 aliphatic heterocycles. The molecule has 0 bridgehead atoms. The molecule has 0 aliphatic carbocycles. The molecule has 30 heavy (non-hydrogen) atoms. The van der Waals surface area contributed by atoms with Crippen LogP contribution in [0.25, 0.3) is 0 Å². The Balaban J connectivity index is 5.31. The van der Waals surface area contributed by atoms with Crippen LogP contribution < -0.4 is 11.1 Å². The first-order chi connectivity index (χ1) is 14.2. The van der Waals surface area contributed by atoms with Crippen molar-refractivity contribution in [2.24, 2.45) is 5.73 Å². The summed E-state index contributed by atoms with van der Waals surface area (Å²) >= 11 is 0. The first-order valence-electron chi connectivity index (χ1n) is 11.2. The van der Waals surface area contributed by atoms with Gasteiger partial charge in [-0.05, 0) is 45.1 Å². The van der Waals surface area contributed by atoms with Crippen molar-refractivity contribution in [2.75, 3.05) is 6.67 Å². The fourth-order valence-electron chi connectivity index (χ4n) is 3.76. The summed E-state index contributed by atoms with van der Waals surface area (Å²) in [7, 11) is 0. The number of nitrogens with one attached hydrogen (secondary N) is 1. The molecule has 2 atom stereocenters. The number of hydrogen-bond acceptors (Lipinski definition) is 2. The second kappa shape index (κ2) is 15.3. The molecule has 0 heterocycles. The number of carbonyl (C=O) groups excluding carboxylic acids is 1. The van der Waals surface area contributed by atoms with Gasteiger partial charge in [-0.25, -0.2) is 13.2 Å². The van der Waals surface area contributed by atoms with E-state index in [0.717, 1.165) is 44.1 Å². The molecule has 0 aliphatic rings. The maximum Gasteiger partial charge on any atom is 0.222 e. The highest BCUT2D eigenvalue weighted by molar-refractivity contribution is 5.78. The summed E-state index contributed by atoms with van der Waals surface area (Å²) in [6.45, 7) is 8.64. The smallest absolute Gasteiger partial charge is 0.222 e. The van der Waals surface area contributed by atoms with Crippen LogP contribution in [0, 0.1) is 0 Å². The molecule has 3 N–H and O–H groups in total. The van der Waals surface area contributed by atoms with Crippen molar-refractivity contribution in [2.45, 2.75) is 104 Å². The summed E-state index contributed by atoms with van der Waals surface area (Å²) in [5.74, 6) is -2.15. The van der Waals surface area contributed by atoms with Crippen molar-refractivity contribution in [1.82, 2.24) is 5.32 Å². The van der Waals surface area contributed by atoms with Gasteiger partial charge in [-0.3, -0.25) is 4.79 Å². The minimum atomic E-state index is -1.35. The van der Waals surface area contributed by atoms with E-state index >= 15 is 0 Å². The number of halogens is 3. The van der Waals surface area contributed by atoms with Crippen LogP contribution in [0.5, 0.6) is 0 Å². The van der Waals surface area contributed by atoms with E-state index in [4.69, 9.17) is 5.73 Å². The van der Waals surface area contributed by atoms with Gasteiger partial charge in [0.1, 0.15) is 18.3 Å². The number of allylic oxidation sites excluding steroid dienone is 4. The molecular weight excluding hydrogens is 389 g/mol. The summed E-state index contributed by atoms with van der Waals surface area (Å²) in [4.78, 5) is 12.8. The van der Waals surface area contributed by atoms with Gasteiger partial charge in [0.2, 0.25) is 5.91 Å². The van der Waals surface area contributed by atoms with Crippen molar-refractivity contribution >= 4 is 5.91 Å². The number of nitrogens with two attached hydrogens (primary N) is 1. The summed E-state index contributed by atoms with van der Waals surface area (Å²) in [6.07, 6.45) is 8.94. The maximum atomic E-state index is 14.1. The van der Waals surface area contributed by atoms with Crippen molar-refractivity contribution in [3.8, 4) is 0 Å². The third-order valence-electron chi connectivity index (χ3n) is 5.58. The highest BCUT2D eigenvalue weighted by Gasteiger charge is 2.32. The van der Waals surface area contributed by atoms with Crippen LogP contribution in [0.15, 0.2) is 35.0 Å². The predicted octanol–water partition coefficient (Wildman–Crippen LogP) is 6.75. The number of unbranched alkanes of at least 4 members (excludes halogenated alkanes) is 2. The Hall–Kier alpha value is -1.56. The van der Waals surface area contributed by atoms with Gasteiger partial charge in [-0.15, -0.1) is 0 Å². The van der Waals surface area contributed by atoms with E-state index in [9.17, 15) is 18.0 Å². The second-order valence-electron chi connectivity index (χ2n) is 8.01. The van der Waals surface area contributed by atoms with Gasteiger partial charge < -0.3 is 11.1 Å².